The molecule has 19 heavy (non-hydrogen) atoms. The standard InChI is InChI=1S/C13H27NO4S/c1-5-6-11(4)9-19(17,18)14-8-12(13(15)16)7-10(2)3/h10-12,14H,5-9H2,1-4H3,(H,15,16). The van der Waals surface area contributed by atoms with Crippen LogP contribution in [0.25, 0.3) is 0 Å². The van der Waals surface area contributed by atoms with E-state index >= 15 is 0 Å². The summed E-state index contributed by atoms with van der Waals surface area (Å²) in [5.74, 6) is -1.22. The van der Waals surface area contributed by atoms with E-state index in [1.165, 1.54) is 0 Å². The second-order valence-corrected chi connectivity index (χ2v) is 7.54. The van der Waals surface area contributed by atoms with Crippen molar-refractivity contribution in [2.75, 3.05) is 12.3 Å². The van der Waals surface area contributed by atoms with Crippen molar-refractivity contribution in [2.45, 2.75) is 47.0 Å². The first-order chi connectivity index (χ1) is 8.68. The summed E-state index contributed by atoms with van der Waals surface area (Å²) in [5, 5.41) is 9.05. The van der Waals surface area contributed by atoms with Crippen molar-refractivity contribution in [3.8, 4) is 0 Å². The van der Waals surface area contributed by atoms with E-state index in [1.54, 1.807) is 0 Å². The number of rotatable bonds is 10. The average molecular weight is 293 g/mol. The molecular formula is C13H27NO4S. The maximum Gasteiger partial charge on any atom is 0.307 e. The zero-order valence-electron chi connectivity index (χ0n) is 12.3. The maximum absolute atomic E-state index is 11.8. The predicted octanol–water partition coefficient (Wildman–Crippen LogP) is 2.09. The summed E-state index contributed by atoms with van der Waals surface area (Å²) in [6.07, 6.45) is 2.28. The fourth-order valence-corrected chi connectivity index (χ4v) is 3.57. The van der Waals surface area contributed by atoms with E-state index < -0.39 is 21.9 Å². The smallest absolute Gasteiger partial charge is 0.307 e. The monoisotopic (exact) mass is 293 g/mol. The molecule has 114 valence electrons. The van der Waals surface area contributed by atoms with E-state index in [-0.39, 0.29) is 24.1 Å². The third kappa shape index (κ3) is 8.99. The van der Waals surface area contributed by atoms with Crippen LogP contribution >= 0.6 is 0 Å². The summed E-state index contributed by atoms with van der Waals surface area (Å²) in [6, 6.07) is 0. The van der Waals surface area contributed by atoms with Crippen LogP contribution in [0.5, 0.6) is 0 Å². The van der Waals surface area contributed by atoms with Crippen LogP contribution in [0.15, 0.2) is 0 Å². The number of sulfonamides is 1. The van der Waals surface area contributed by atoms with Gasteiger partial charge in [-0.1, -0.05) is 34.1 Å². The first-order valence-electron chi connectivity index (χ1n) is 6.88. The van der Waals surface area contributed by atoms with Crippen molar-refractivity contribution in [1.29, 1.82) is 0 Å². The van der Waals surface area contributed by atoms with Crippen molar-refractivity contribution >= 4 is 16.0 Å². The lowest BCUT2D eigenvalue weighted by Gasteiger charge is -2.17. The Hall–Kier alpha value is -0.620. The zero-order chi connectivity index (χ0) is 15.1. The summed E-state index contributed by atoms with van der Waals surface area (Å²) < 4.78 is 26.1. The third-order valence-corrected chi connectivity index (χ3v) is 4.55. The quantitative estimate of drug-likeness (QED) is 0.646. The molecule has 6 heteroatoms. The van der Waals surface area contributed by atoms with Gasteiger partial charge >= 0.3 is 5.97 Å². The fourth-order valence-electron chi connectivity index (χ4n) is 2.08. The summed E-state index contributed by atoms with van der Waals surface area (Å²) >= 11 is 0. The van der Waals surface area contributed by atoms with E-state index in [4.69, 9.17) is 5.11 Å². The molecule has 0 aliphatic heterocycles. The summed E-state index contributed by atoms with van der Waals surface area (Å²) in [7, 11) is -3.38. The molecule has 0 heterocycles. The van der Waals surface area contributed by atoms with Gasteiger partial charge in [0.2, 0.25) is 10.0 Å². The Labute approximate surface area is 116 Å². The number of carboxylic acid groups (broad SMARTS) is 1. The Morgan fingerprint density at radius 2 is 1.84 bits per heavy atom. The van der Waals surface area contributed by atoms with Gasteiger partial charge in [0, 0.05) is 6.54 Å². The van der Waals surface area contributed by atoms with Crippen LogP contribution in [-0.2, 0) is 14.8 Å². The SMILES string of the molecule is CCCC(C)CS(=O)(=O)NCC(CC(C)C)C(=O)O. The van der Waals surface area contributed by atoms with Crippen LogP contribution in [0.1, 0.15) is 47.0 Å². The molecule has 0 saturated carbocycles. The van der Waals surface area contributed by atoms with Crippen molar-refractivity contribution < 1.29 is 18.3 Å². The predicted molar refractivity (Wildman–Crippen MR) is 76.4 cm³/mol. The van der Waals surface area contributed by atoms with Crippen molar-refractivity contribution in [3.63, 3.8) is 0 Å². The fraction of sp³-hybridized carbons (Fsp3) is 0.923. The van der Waals surface area contributed by atoms with E-state index in [0.29, 0.717) is 6.42 Å². The molecule has 2 N–H and O–H groups in total. The van der Waals surface area contributed by atoms with Crippen LogP contribution in [-0.4, -0.2) is 31.8 Å². The molecule has 0 bridgehead atoms. The second-order valence-electron chi connectivity index (χ2n) is 5.69. The van der Waals surface area contributed by atoms with Crippen LogP contribution < -0.4 is 4.72 Å². The van der Waals surface area contributed by atoms with Gasteiger partial charge in [-0.2, -0.15) is 0 Å². The minimum absolute atomic E-state index is 0.0192. The van der Waals surface area contributed by atoms with Gasteiger partial charge in [0.1, 0.15) is 0 Å². The normalized spacial score (nSPS) is 15.4. The number of carboxylic acids is 1. The molecule has 0 spiro atoms. The van der Waals surface area contributed by atoms with Crippen molar-refractivity contribution in [1.82, 2.24) is 4.72 Å². The van der Waals surface area contributed by atoms with E-state index in [1.807, 2.05) is 27.7 Å². The van der Waals surface area contributed by atoms with Crippen LogP contribution in [0, 0.1) is 17.8 Å². The first kappa shape index (κ1) is 18.4. The molecule has 0 aliphatic rings. The van der Waals surface area contributed by atoms with Gasteiger partial charge in [-0.05, 0) is 24.7 Å². The van der Waals surface area contributed by atoms with Gasteiger partial charge in [0.05, 0.1) is 11.7 Å². The summed E-state index contributed by atoms with van der Waals surface area (Å²) in [5.41, 5.74) is 0. The lowest BCUT2D eigenvalue weighted by Crippen LogP contribution is -2.36. The van der Waals surface area contributed by atoms with Gasteiger partial charge in [-0.3, -0.25) is 4.79 Å². The summed E-state index contributed by atoms with van der Waals surface area (Å²) in [6.45, 7) is 7.74. The molecule has 0 rings (SSSR count). The van der Waals surface area contributed by atoms with Crippen LogP contribution in [0.4, 0.5) is 0 Å². The second kappa shape index (κ2) is 8.53. The molecule has 0 aromatic rings. The van der Waals surface area contributed by atoms with E-state index in [2.05, 4.69) is 4.72 Å². The lowest BCUT2D eigenvalue weighted by molar-refractivity contribution is -0.142. The molecule has 0 radical (unpaired) electrons. The highest BCUT2D eigenvalue weighted by atomic mass is 32.2. The Kier molecular flexibility index (Phi) is 8.25. The van der Waals surface area contributed by atoms with Crippen LogP contribution in [0.3, 0.4) is 0 Å². The lowest BCUT2D eigenvalue weighted by atomic mass is 9.98. The molecule has 2 unspecified atom stereocenters. The Morgan fingerprint density at radius 1 is 1.26 bits per heavy atom. The number of hydrogen-bond acceptors (Lipinski definition) is 3. The minimum Gasteiger partial charge on any atom is -0.481 e. The number of nitrogens with one attached hydrogen (secondary N) is 1. The molecule has 0 aliphatic carbocycles. The molecule has 0 aromatic heterocycles. The molecule has 0 saturated heterocycles. The highest BCUT2D eigenvalue weighted by Gasteiger charge is 2.22. The molecule has 0 fully saturated rings. The highest BCUT2D eigenvalue weighted by Crippen LogP contribution is 2.12. The third-order valence-electron chi connectivity index (χ3n) is 2.94. The first-order valence-corrected chi connectivity index (χ1v) is 8.53. The number of aliphatic carboxylic acids is 1. The van der Waals surface area contributed by atoms with Gasteiger partial charge in [0.15, 0.2) is 0 Å². The molecule has 0 aromatic carbocycles. The van der Waals surface area contributed by atoms with E-state index in [0.717, 1.165) is 12.8 Å². The Morgan fingerprint density at radius 3 is 2.26 bits per heavy atom. The number of carbonyl (C=O) groups is 1. The molecular weight excluding hydrogens is 266 g/mol. The maximum atomic E-state index is 11.8. The average Bonchev–Trinajstić information content (AvgIpc) is 2.22. The van der Waals surface area contributed by atoms with Gasteiger partial charge < -0.3 is 5.11 Å². The van der Waals surface area contributed by atoms with Crippen molar-refractivity contribution in [2.24, 2.45) is 17.8 Å². The molecule has 0 amide bonds. The van der Waals surface area contributed by atoms with Crippen LogP contribution in [0.2, 0.25) is 0 Å². The Balaban J connectivity index is 4.37. The molecule has 2 atom stereocenters. The summed E-state index contributed by atoms with van der Waals surface area (Å²) in [4.78, 5) is 11.0. The Bertz CT molecular complexity index is 365. The molecule has 5 nitrogen and oxygen atoms in total. The minimum atomic E-state index is -3.38. The van der Waals surface area contributed by atoms with Crippen molar-refractivity contribution in [3.05, 3.63) is 0 Å². The zero-order valence-corrected chi connectivity index (χ0v) is 13.2. The van der Waals surface area contributed by atoms with Gasteiger partial charge in [-0.15, -0.1) is 0 Å². The topological polar surface area (TPSA) is 83.5 Å². The highest BCUT2D eigenvalue weighted by molar-refractivity contribution is 7.89. The number of hydrogen-bond donors (Lipinski definition) is 2. The van der Waals surface area contributed by atoms with Gasteiger partial charge in [-0.25, -0.2) is 13.1 Å². The van der Waals surface area contributed by atoms with Gasteiger partial charge in [0.25, 0.3) is 0 Å². The van der Waals surface area contributed by atoms with E-state index in [9.17, 15) is 13.2 Å². The largest absolute Gasteiger partial charge is 0.481 e.